The van der Waals surface area contributed by atoms with E-state index in [1.165, 1.54) is 70.6 Å². The van der Waals surface area contributed by atoms with Crippen molar-refractivity contribution in [1.82, 2.24) is 0 Å². The number of rotatable bonds is 6. The van der Waals surface area contributed by atoms with Crippen LogP contribution in [0.1, 0.15) is 84.5 Å². The Morgan fingerprint density at radius 1 is 0.789 bits per heavy atom. The van der Waals surface area contributed by atoms with E-state index in [-0.39, 0.29) is 0 Å². The molecule has 1 nitrogen and oxygen atoms in total. The molecule has 19 heavy (non-hydrogen) atoms. The van der Waals surface area contributed by atoms with Gasteiger partial charge in [-0.05, 0) is 62.7 Å². The first-order valence-electron chi connectivity index (χ1n) is 8.91. The molecule has 2 aliphatic carbocycles. The molecule has 0 unspecified atom stereocenters. The zero-order valence-corrected chi connectivity index (χ0v) is 13.2. The molecule has 0 aliphatic heterocycles. The molecule has 1 heteroatoms. The summed E-state index contributed by atoms with van der Waals surface area (Å²) in [6.45, 7) is 5.69. The van der Waals surface area contributed by atoms with Crippen molar-refractivity contribution in [2.45, 2.75) is 90.6 Å². The van der Waals surface area contributed by atoms with E-state index in [4.69, 9.17) is 4.74 Å². The second kappa shape index (κ2) is 8.29. The second-order valence-corrected chi connectivity index (χ2v) is 7.13. The zero-order valence-electron chi connectivity index (χ0n) is 13.2. The summed E-state index contributed by atoms with van der Waals surface area (Å²) in [4.78, 5) is 0. The molecule has 2 aliphatic rings. The minimum absolute atomic E-state index is 0.593. The Balaban J connectivity index is 1.59. The maximum absolute atomic E-state index is 6.04. The molecule has 0 saturated heterocycles. The average molecular weight is 266 g/mol. The first-order valence-corrected chi connectivity index (χ1v) is 8.91. The number of unbranched alkanes of at least 4 members (excludes halogenated alkanes) is 2. The van der Waals surface area contributed by atoms with Crippen molar-refractivity contribution in [3.05, 3.63) is 0 Å². The van der Waals surface area contributed by atoms with Gasteiger partial charge < -0.3 is 4.74 Å². The minimum atomic E-state index is 0.593. The van der Waals surface area contributed by atoms with Crippen LogP contribution in [0.4, 0.5) is 0 Å². The summed E-state index contributed by atoms with van der Waals surface area (Å²) in [6, 6.07) is 0. The van der Waals surface area contributed by atoms with Crippen LogP contribution in [-0.4, -0.2) is 12.7 Å². The summed E-state index contributed by atoms with van der Waals surface area (Å²) in [5.74, 6) is 3.08. The molecule has 2 saturated carbocycles. The Labute approximate surface area is 120 Å². The molecule has 0 aromatic rings. The van der Waals surface area contributed by atoms with Gasteiger partial charge in [-0.2, -0.15) is 0 Å². The average Bonchev–Trinajstić information content (AvgIpc) is 2.45. The van der Waals surface area contributed by atoms with Crippen molar-refractivity contribution in [2.75, 3.05) is 6.61 Å². The van der Waals surface area contributed by atoms with E-state index in [2.05, 4.69) is 13.8 Å². The van der Waals surface area contributed by atoms with Crippen LogP contribution in [0, 0.1) is 17.8 Å². The van der Waals surface area contributed by atoms with Gasteiger partial charge in [-0.3, -0.25) is 0 Å². The van der Waals surface area contributed by atoms with Crippen molar-refractivity contribution in [2.24, 2.45) is 17.8 Å². The highest BCUT2D eigenvalue weighted by molar-refractivity contribution is 4.81. The fraction of sp³-hybridized carbons (Fsp3) is 1.00. The molecule has 0 radical (unpaired) electrons. The van der Waals surface area contributed by atoms with Crippen LogP contribution in [0.15, 0.2) is 0 Å². The SMILES string of the molecule is CCCCCO[C@H]1CC[C@H](C2CCC(C)CC2)CC1. The van der Waals surface area contributed by atoms with Crippen molar-refractivity contribution >= 4 is 0 Å². The molecule has 0 aromatic carbocycles. The van der Waals surface area contributed by atoms with Crippen LogP contribution in [-0.2, 0) is 4.74 Å². The largest absolute Gasteiger partial charge is 0.378 e. The molecular formula is C18H34O. The fourth-order valence-corrected chi connectivity index (χ4v) is 4.09. The van der Waals surface area contributed by atoms with Crippen molar-refractivity contribution in [3.63, 3.8) is 0 Å². The van der Waals surface area contributed by atoms with Gasteiger partial charge in [0.1, 0.15) is 0 Å². The van der Waals surface area contributed by atoms with Gasteiger partial charge in [0, 0.05) is 6.61 Å². The Morgan fingerprint density at radius 3 is 1.95 bits per heavy atom. The molecule has 2 fully saturated rings. The summed E-state index contributed by atoms with van der Waals surface area (Å²) in [5, 5.41) is 0. The predicted octanol–water partition coefficient (Wildman–Crippen LogP) is 5.58. The maximum atomic E-state index is 6.04. The molecule has 0 amide bonds. The van der Waals surface area contributed by atoms with Crippen LogP contribution in [0.5, 0.6) is 0 Å². The highest BCUT2D eigenvalue weighted by atomic mass is 16.5. The fourth-order valence-electron chi connectivity index (χ4n) is 4.09. The van der Waals surface area contributed by atoms with Crippen LogP contribution in [0.25, 0.3) is 0 Å². The van der Waals surface area contributed by atoms with Crippen molar-refractivity contribution in [1.29, 1.82) is 0 Å². The molecule has 0 atom stereocenters. The molecule has 2 rings (SSSR count). The molecular weight excluding hydrogens is 232 g/mol. The van der Waals surface area contributed by atoms with E-state index in [1.54, 1.807) is 0 Å². The second-order valence-electron chi connectivity index (χ2n) is 7.13. The predicted molar refractivity (Wildman–Crippen MR) is 82.3 cm³/mol. The van der Waals surface area contributed by atoms with Crippen molar-refractivity contribution in [3.8, 4) is 0 Å². The lowest BCUT2D eigenvalue weighted by atomic mass is 9.71. The summed E-state index contributed by atoms with van der Waals surface area (Å²) >= 11 is 0. The highest BCUT2D eigenvalue weighted by Crippen LogP contribution is 2.40. The van der Waals surface area contributed by atoms with E-state index in [0.717, 1.165) is 24.4 Å². The third kappa shape index (κ3) is 5.10. The highest BCUT2D eigenvalue weighted by Gasteiger charge is 2.29. The third-order valence-corrected chi connectivity index (χ3v) is 5.55. The van der Waals surface area contributed by atoms with E-state index < -0.39 is 0 Å². The quantitative estimate of drug-likeness (QED) is 0.570. The van der Waals surface area contributed by atoms with Gasteiger partial charge in [0.2, 0.25) is 0 Å². The third-order valence-electron chi connectivity index (χ3n) is 5.55. The smallest absolute Gasteiger partial charge is 0.0575 e. The Morgan fingerprint density at radius 2 is 1.37 bits per heavy atom. The molecule has 0 bridgehead atoms. The first-order chi connectivity index (χ1) is 9.29. The lowest BCUT2D eigenvalue weighted by Crippen LogP contribution is -2.28. The molecule has 0 aromatic heterocycles. The first kappa shape index (κ1) is 15.4. The van der Waals surface area contributed by atoms with Crippen LogP contribution >= 0.6 is 0 Å². The van der Waals surface area contributed by atoms with Gasteiger partial charge in [0.05, 0.1) is 6.10 Å². The number of hydrogen-bond donors (Lipinski definition) is 0. The van der Waals surface area contributed by atoms with E-state index in [9.17, 15) is 0 Å². The number of hydrogen-bond acceptors (Lipinski definition) is 1. The summed E-state index contributed by atoms with van der Waals surface area (Å²) in [6.07, 6.45) is 16.0. The monoisotopic (exact) mass is 266 g/mol. The van der Waals surface area contributed by atoms with Gasteiger partial charge in [0.25, 0.3) is 0 Å². The Kier molecular flexibility index (Phi) is 6.70. The molecule has 112 valence electrons. The molecule has 0 N–H and O–H groups in total. The van der Waals surface area contributed by atoms with Crippen LogP contribution in [0.2, 0.25) is 0 Å². The Hall–Kier alpha value is -0.0400. The normalized spacial score (nSPS) is 36.3. The van der Waals surface area contributed by atoms with Crippen LogP contribution in [0.3, 0.4) is 0 Å². The standard InChI is InChI=1S/C18H34O/c1-3-4-5-14-19-18-12-10-17(11-13-18)16-8-6-15(2)7-9-16/h15-18H,3-14H2,1-2H3/t15?,16?,17-,18-. The van der Waals surface area contributed by atoms with Gasteiger partial charge in [-0.15, -0.1) is 0 Å². The number of ether oxygens (including phenoxy) is 1. The minimum Gasteiger partial charge on any atom is -0.378 e. The van der Waals surface area contributed by atoms with Gasteiger partial charge in [-0.1, -0.05) is 39.5 Å². The van der Waals surface area contributed by atoms with E-state index in [1.807, 2.05) is 0 Å². The van der Waals surface area contributed by atoms with Crippen LogP contribution < -0.4 is 0 Å². The maximum Gasteiger partial charge on any atom is 0.0575 e. The Bertz CT molecular complexity index is 222. The molecule has 0 spiro atoms. The lowest BCUT2D eigenvalue weighted by molar-refractivity contribution is 0.00575. The van der Waals surface area contributed by atoms with Crippen molar-refractivity contribution < 1.29 is 4.74 Å². The topological polar surface area (TPSA) is 9.23 Å². The van der Waals surface area contributed by atoms with Gasteiger partial charge >= 0.3 is 0 Å². The summed E-state index contributed by atoms with van der Waals surface area (Å²) < 4.78 is 6.04. The van der Waals surface area contributed by atoms with E-state index >= 15 is 0 Å². The lowest BCUT2D eigenvalue weighted by Gasteiger charge is -2.37. The molecule has 0 heterocycles. The van der Waals surface area contributed by atoms with Gasteiger partial charge in [0.15, 0.2) is 0 Å². The zero-order chi connectivity index (χ0) is 13.5. The van der Waals surface area contributed by atoms with Gasteiger partial charge in [-0.25, -0.2) is 0 Å². The summed E-state index contributed by atoms with van der Waals surface area (Å²) in [7, 11) is 0. The summed E-state index contributed by atoms with van der Waals surface area (Å²) in [5.41, 5.74) is 0. The van der Waals surface area contributed by atoms with E-state index in [0.29, 0.717) is 6.10 Å².